The number of halogens is 1. The fourth-order valence-electron chi connectivity index (χ4n) is 0.752. The lowest BCUT2D eigenvalue weighted by Crippen LogP contribution is -1.78. The summed E-state index contributed by atoms with van der Waals surface area (Å²) in [5.74, 6) is 0. The van der Waals surface area contributed by atoms with E-state index in [0.29, 0.717) is 0 Å². The van der Waals surface area contributed by atoms with Gasteiger partial charge in [0.25, 0.3) is 0 Å². The van der Waals surface area contributed by atoms with Crippen LogP contribution in [0.15, 0.2) is 16.6 Å². The molecule has 0 bridgehead atoms. The van der Waals surface area contributed by atoms with Gasteiger partial charge in [0.15, 0.2) is 0 Å². The van der Waals surface area contributed by atoms with Crippen LogP contribution in [0.3, 0.4) is 0 Å². The van der Waals surface area contributed by atoms with Gasteiger partial charge >= 0.3 is 0 Å². The molecule has 64 valence electrons. The molecule has 0 spiro atoms. The van der Waals surface area contributed by atoms with Gasteiger partial charge in [-0.3, -0.25) is 4.99 Å². The average Bonchev–Trinajstić information content (AvgIpc) is 2.03. The van der Waals surface area contributed by atoms with Crippen LogP contribution in [0, 0.1) is 0 Å². The minimum absolute atomic E-state index is 0.718. The molecule has 0 aliphatic carbocycles. The van der Waals surface area contributed by atoms with Gasteiger partial charge in [-0.2, -0.15) is 0 Å². The highest BCUT2D eigenvalue weighted by atomic mass is 35.5. The third-order valence-corrected chi connectivity index (χ3v) is 1.54. The zero-order chi connectivity index (χ0) is 8.36. The maximum absolute atomic E-state index is 5.31. The van der Waals surface area contributed by atoms with E-state index in [9.17, 15) is 0 Å². The monoisotopic (exact) mass is 173 g/mol. The predicted octanol–water partition coefficient (Wildman–Crippen LogP) is 3.39. The molecule has 0 aliphatic heterocycles. The lowest BCUT2D eigenvalue weighted by Gasteiger charge is -1.89. The molecule has 0 aromatic rings. The molecule has 0 fully saturated rings. The van der Waals surface area contributed by atoms with Crippen molar-refractivity contribution in [2.45, 2.75) is 32.6 Å². The predicted molar refractivity (Wildman–Crippen MR) is 52.5 cm³/mol. The fraction of sp³-hybridized carbons (Fsp3) is 0.667. The van der Waals surface area contributed by atoms with E-state index in [4.69, 9.17) is 11.6 Å². The molecule has 0 saturated carbocycles. The Bertz CT molecular complexity index is 119. The van der Waals surface area contributed by atoms with Crippen LogP contribution in [0.2, 0.25) is 0 Å². The van der Waals surface area contributed by atoms with Crippen molar-refractivity contribution in [1.82, 2.24) is 0 Å². The number of hydrogen-bond acceptors (Lipinski definition) is 1. The van der Waals surface area contributed by atoms with Crippen molar-refractivity contribution in [3.05, 3.63) is 11.6 Å². The Morgan fingerprint density at radius 2 is 2.18 bits per heavy atom. The summed E-state index contributed by atoms with van der Waals surface area (Å²) in [7, 11) is 0. The molecule has 11 heavy (non-hydrogen) atoms. The smallest absolute Gasteiger partial charge is 0.0577 e. The molecule has 0 unspecified atom stereocenters. The largest absolute Gasteiger partial charge is 0.293 e. The minimum atomic E-state index is 0.718. The summed E-state index contributed by atoms with van der Waals surface area (Å²) in [6.07, 6.45) is 8.74. The quantitative estimate of drug-likeness (QED) is 0.431. The second kappa shape index (κ2) is 9.70. The molecular formula is C9H16ClN. The lowest BCUT2D eigenvalue weighted by molar-refractivity contribution is 0.745. The summed E-state index contributed by atoms with van der Waals surface area (Å²) >= 11 is 5.31. The highest BCUT2D eigenvalue weighted by molar-refractivity contribution is 6.25. The Morgan fingerprint density at radius 1 is 1.36 bits per heavy atom. The first-order valence-corrected chi connectivity index (χ1v) is 4.59. The number of aliphatic imine (C=N–C) groups is 1. The van der Waals surface area contributed by atoms with Crippen LogP contribution in [-0.2, 0) is 0 Å². The van der Waals surface area contributed by atoms with Crippen LogP contribution in [0.4, 0.5) is 0 Å². The third kappa shape index (κ3) is 9.70. The second-order valence-corrected chi connectivity index (χ2v) is 2.66. The topological polar surface area (TPSA) is 12.4 Å². The van der Waals surface area contributed by atoms with Gasteiger partial charge in [-0.15, -0.1) is 0 Å². The zero-order valence-electron chi connectivity index (χ0n) is 7.09. The van der Waals surface area contributed by atoms with Crippen molar-refractivity contribution in [2.75, 3.05) is 6.54 Å². The van der Waals surface area contributed by atoms with E-state index in [0.717, 1.165) is 13.0 Å². The van der Waals surface area contributed by atoms with E-state index < -0.39 is 0 Å². The van der Waals surface area contributed by atoms with Crippen molar-refractivity contribution in [2.24, 2.45) is 4.99 Å². The summed E-state index contributed by atoms with van der Waals surface area (Å²) in [6, 6.07) is 0. The van der Waals surface area contributed by atoms with Crippen molar-refractivity contribution < 1.29 is 0 Å². The highest BCUT2D eigenvalue weighted by Crippen LogP contribution is 1.95. The van der Waals surface area contributed by atoms with Crippen LogP contribution in [0.25, 0.3) is 0 Å². The van der Waals surface area contributed by atoms with Gasteiger partial charge in [0.05, 0.1) is 6.54 Å². The van der Waals surface area contributed by atoms with Crippen molar-refractivity contribution in [3.63, 3.8) is 0 Å². The Labute approximate surface area is 74.2 Å². The summed E-state index contributed by atoms with van der Waals surface area (Å²) in [4.78, 5) is 4.14. The molecule has 0 saturated heterocycles. The molecule has 0 amide bonds. The van der Waals surface area contributed by atoms with E-state index in [1.54, 1.807) is 0 Å². The van der Waals surface area contributed by atoms with Crippen molar-refractivity contribution in [3.8, 4) is 0 Å². The van der Waals surface area contributed by atoms with Gasteiger partial charge in [-0.25, -0.2) is 0 Å². The molecule has 0 radical (unpaired) electrons. The number of unbranched alkanes of at least 4 members (excludes halogenated alkanes) is 3. The highest BCUT2D eigenvalue weighted by Gasteiger charge is 1.80. The van der Waals surface area contributed by atoms with Crippen LogP contribution in [0.5, 0.6) is 0 Å². The van der Waals surface area contributed by atoms with Gasteiger partial charge in [0.2, 0.25) is 0 Å². The molecule has 0 aromatic heterocycles. The van der Waals surface area contributed by atoms with Crippen LogP contribution < -0.4 is 0 Å². The second-order valence-electron chi connectivity index (χ2n) is 2.41. The Morgan fingerprint density at radius 3 is 2.82 bits per heavy atom. The first-order chi connectivity index (χ1) is 5.41. The maximum Gasteiger partial charge on any atom is 0.0577 e. The number of hydrogen-bond donors (Lipinski definition) is 0. The van der Waals surface area contributed by atoms with Crippen LogP contribution in [-0.4, -0.2) is 12.8 Å². The molecule has 2 heteroatoms. The van der Waals surface area contributed by atoms with E-state index in [2.05, 4.69) is 11.9 Å². The SMILES string of the molecule is CCCCCC=NCC=CCl. The van der Waals surface area contributed by atoms with Crippen LogP contribution >= 0.6 is 11.6 Å². The van der Waals surface area contributed by atoms with E-state index in [-0.39, 0.29) is 0 Å². The molecule has 0 N–H and O–H groups in total. The van der Waals surface area contributed by atoms with Crippen molar-refractivity contribution >= 4 is 17.8 Å². The van der Waals surface area contributed by atoms with Crippen LogP contribution in [0.1, 0.15) is 32.6 Å². The Balaban J connectivity index is 3.03. The summed E-state index contributed by atoms with van der Waals surface area (Å²) in [6.45, 7) is 2.92. The molecular weight excluding hydrogens is 158 g/mol. The van der Waals surface area contributed by atoms with Gasteiger partial charge in [-0.05, 0) is 19.1 Å². The normalized spacial score (nSPS) is 11.8. The maximum atomic E-state index is 5.31. The number of nitrogens with zero attached hydrogens (tertiary/aromatic N) is 1. The first-order valence-electron chi connectivity index (χ1n) is 4.15. The summed E-state index contributed by atoms with van der Waals surface area (Å²) in [5.41, 5.74) is 1.50. The molecule has 1 nitrogen and oxygen atoms in total. The molecule has 0 aromatic carbocycles. The standard InChI is InChI=1S/C9H16ClN/c1-2-3-4-5-8-11-9-6-7-10/h6-8H,2-5,9H2,1H3. The van der Waals surface area contributed by atoms with Gasteiger partial charge in [-0.1, -0.05) is 37.4 Å². The van der Waals surface area contributed by atoms with E-state index >= 15 is 0 Å². The average molecular weight is 174 g/mol. The Kier molecular flexibility index (Phi) is 9.44. The lowest BCUT2D eigenvalue weighted by atomic mass is 10.2. The fourth-order valence-corrected chi connectivity index (χ4v) is 0.832. The first kappa shape index (κ1) is 10.7. The zero-order valence-corrected chi connectivity index (χ0v) is 7.85. The van der Waals surface area contributed by atoms with Crippen molar-refractivity contribution in [1.29, 1.82) is 0 Å². The van der Waals surface area contributed by atoms with Gasteiger partial charge in [0, 0.05) is 5.54 Å². The molecule has 0 atom stereocenters. The van der Waals surface area contributed by atoms with E-state index in [1.165, 1.54) is 24.8 Å². The molecule has 0 rings (SSSR count). The Hall–Kier alpha value is -0.300. The van der Waals surface area contributed by atoms with Gasteiger partial charge in [0.1, 0.15) is 0 Å². The number of rotatable bonds is 6. The summed E-state index contributed by atoms with van der Waals surface area (Å²) in [5, 5.41) is 0. The molecule has 0 heterocycles. The minimum Gasteiger partial charge on any atom is -0.293 e. The molecule has 0 aliphatic rings. The third-order valence-electron chi connectivity index (χ3n) is 1.37. The van der Waals surface area contributed by atoms with Gasteiger partial charge < -0.3 is 0 Å². The summed E-state index contributed by atoms with van der Waals surface area (Å²) < 4.78 is 0. The van der Waals surface area contributed by atoms with E-state index in [1.807, 2.05) is 12.3 Å².